The van der Waals surface area contributed by atoms with Crippen molar-refractivity contribution >= 4 is 30.2 Å². The van der Waals surface area contributed by atoms with Crippen LogP contribution in [0.5, 0.6) is 0 Å². The third kappa shape index (κ3) is 9.32. The Morgan fingerprint density at radius 3 is 2.48 bits per heavy atom. The molecule has 11 heteroatoms. The van der Waals surface area contributed by atoms with Gasteiger partial charge in [-0.2, -0.15) is 0 Å². The minimum absolute atomic E-state index is 0.116. The van der Waals surface area contributed by atoms with Gasteiger partial charge in [-0.15, -0.1) is 11.3 Å². The van der Waals surface area contributed by atoms with Gasteiger partial charge in [0.15, 0.2) is 0 Å². The number of ether oxygens (including phenoxy) is 2. The standard InChI is InChI=1S/C18H29N3O3S.2CH2O2/c1-15-10-16(25-11-15)17(22)21-7-9-24-18(13-21)12-20(5-4-19(2)3)6-8-23-14-18;2*2-1-3/h10-11H,4-9,12-14H2,1-3H3;2*1H,(H,2,3). The maximum Gasteiger partial charge on any atom is 0.290 e. The van der Waals surface area contributed by atoms with Gasteiger partial charge in [0.25, 0.3) is 18.9 Å². The second kappa shape index (κ2) is 14.1. The normalized spacial score (nSPS) is 21.4. The number of carbonyl (C=O) groups is 3. The van der Waals surface area contributed by atoms with Gasteiger partial charge in [-0.3, -0.25) is 19.3 Å². The number of thiophene rings is 1. The SMILES string of the molecule is Cc1csc(C(=O)N2CCOC3(COCCN(CCN(C)C)C3)C2)c1.O=CO.O=CO. The van der Waals surface area contributed by atoms with Crippen LogP contribution in [0.1, 0.15) is 15.2 Å². The third-order valence-electron chi connectivity index (χ3n) is 4.77. The Hall–Kier alpha value is -2.05. The molecule has 1 aromatic rings. The molecule has 176 valence electrons. The highest BCUT2D eigenvalue weighted by molar-refractivity contribution is 7.12. The lowest BCUT2D eigenvalue weighted by atomic mass is 10.0. The van der Waals surface area contributed by atoms with E-state index in [1.54, 1.807) is 0 Å². The van der Waals surface area contributed by atoms with E-state index in [2.05, 4.69) is 23.9 Å². The van der Waals surface area contributed by atoms with E-state index in [1.807, 2.05) is 23.3 Å². The van der Waals surface area contributed by atoms with Crippen LogP contribution in [0.3, 0.4) is 0 Å². The molecule has 3 heterocycles. The first-order valence-corrected chi connectivity index (χ1v) is 10.8. The molecule has 10 nitrogen and oxygen atoms in total. The van der Waals surface area contributed by atoms with Crippen molar-refractivity contribution in [3.8, 4) is 0 Å². The van der Waals surface area contributed by atoms with Crippen LogP contribution in [-0.2, 0) is 19.1 Å². The molecule has 0 aromatic carbocycles. The van der Waals surface area contributed by atoms with Crippen LogP contribution in [0, 0.1) is 6.92 Å². The Kier molecular flexibility index (Phi) is 12.3. The zero-order valence-corrected chi connectivity index (χ0v) is 19.2. The summed E-state index contributed by atoms with van der Waals surface area (Å²) in [6.07, 6.45) is 0. The van der Waals surface area contributed by atoms with Gasteiger partial charge in [0.05, 0.1) is 31.2 Å². The molecule has 3 rings (SSSR count). The Balaban J connectivity index is 0.000000720. The van der Waals surface area contributed by atoms with Gasteiger partial charge in [-0.1, -0.05) is 0 Å². The summed E-state index contributed by atoms with van der Waals surface area (Å²) in [6, 6.07) is 1.97. The summed E-state index contributed by atoms with van der Waals surface area (Å²) in [4.78, 5) is 36.9. The van der Waals surface area contributed by atoms with E-state index in [1.165, 1.54) is 11.3 Å². The summed E-state index contributed by atoms with van der Waals surface area (Å²) in [5.41, 5.74) is 0.729. The number of aryl methyl sites for hydroxylation is 1. The number of carboxylic acid groups (broad SMARTS) is 2. The van der Waals surface area contributed by atoms with Gasteiger partial charge in [0, 0.05) is 32.7 Å². The summed E-state index contributed by atoms with van der Waals surface area (Å²) < 4.78 is 12.0. The Labute approximate surface area is 186 Å². The van der Waals surface area contributed by atoms with Crippen molar-refractivity contribution < 1.29 is 34.1 Å². The molecule has 0 saturated carbocycles. The van der Waals surface area contributed by atoms with Gasteiger partial charge in [-0.25, -0.2) is 0 Å². The molecule has 0 bridgehead atoms. The van der Waals surface area contributed by atoms with E-state index in [-0.39, 0.29) is 18.9 Å². The number of rotatable bonds is 4. The van der Waals surface area contributed by atoms with Crippen molar-refractivity contribution in [2.45, 2.75) is 12.5 Å². The smallest absolute Gasteiger partial charge is 0.290 e. The predicted molar refractivity (Wildman–Crippen MR) is 117 cm³/mol. The molecule has 31 heavy (non-hydrogen) atoms. The monoisotopic (exact) mass is 459 g/mol. The first-order chi connectivity index (χ1) is 14.8. The van der Waals surface area contributed by atoms with E-state index in [9.17, 15) is 4.79 Å². The highest BCUT2D eigenvalue weighted by Gasteiger charge is 2.41. The molecule has 0 radical (unpaired) electrons. The van der Waals surface area contributed by atoms with E-state index < -0.39 is 5.60 Å². The fraction of sp³-hybridized carbons (Fsp3) is 0.650. The summed E-state index contributed by atoms with van der Waals surface area (Å²) in [7, 11) is 4.18. The van der Waals surface area contributed by atoms with Gasteiger partial charge in [0.1, 0.15) is 5.60 Å². The van der Waals surface area contributed by atoms with Crippen LogP contribution in [0.15, 0.2) is 11.4 Å². The minimum atomic E-state index is -0.414. The van der Waals surface area contributed by atoms with E-state index in [4.69, 9.17) is 29.3 Å². The number of hydrogen-bond donors (Lipinski definition) is 2. The van der Waals surface area contributed by atoms with Crippen molar-refractivity contribution in [1.82, 2.24) is 14.7 Å². The average Bonchev–Trinajstić information content (AvgIpc) is 3.06. The van der Waals surface area contributed by atoms with Crippen molar-refractivity contribution in [1.29, 1.82) is 0 Å². The topological polar surface area (TPSA) is 120 Å². The quantitative estimate of drug-likeness (QED) is 0.623. The van der Waals surface area contributed by atoms with Crippen LogP contribution in [0.4, 0.5) is 0 Å². The first-order valence-electron chi connectivity index (χ1n) is 9.89. The number of nitrogens with zero attached hydrogens (tertiary/aromatic N) is 3. The zero-order chi connectivity index (χ0) is 23.3. The Bertz CT molecular complexity index is 679. The summed E-state index contributed by atoms with van der Waals surface area (Å²) in [5.74, 6) is 0.116. The van der Waals surface area contributed by atoms with Gasteiger partial charge < -0.3 is 29.5 Å². The number of carbonyl (C=O) groups excluding carboxylic acids is 1. The van der Waals surface area contributed by atoms with Crippen LogP contribution in [0.2, 0.25) is 0 Å². The zero-order valence-electron chi connectivity index (χ0n) is 18.4. The summed E-state index contributed by atoms with van der Waals surface area (Å²) in [5, 5.41) is 15.8. The highest BCUT2D eigenvalue weighted by atomic mass is 32.1. The van der Waals surface area contributed by atoms with Crippen molar-refractivity contribution in [3.63, 3.8) is 0 Å². The molecular formula is C20H33N3O7S. The first kappa shape index (κ1) is 27.0. The van der Waals surface area contributed by atoms with Gasteiger partial charge in [0.2, 0.25) is 0 Å². The van der Waals surface area contributed by atoms with Crippen LogP contribution in [0.25, 0.3) is 0 Å². The molecule has 2 saturated heterocycles. The Morgan fingerprint density at radius 2 is 1.90 bits per heavy atom. The van der Waals surface area contributed by atoms with Gasteiger partial charge >= 0.3 is 0 Å². The largest absolute Gasteiger partial charge is 0.483 e. The van der Waals surface area contributed by atoms with Gasteiger partial charge in [-0.05, 0) is 38.0 Å². The fourth-order valence-electron chi connectivity index (χ4n) is 3.42. The molecule has 0 aliphatic carbocycles. The highest BCUT2D eigenvalue weighted by Crippen LogP contribution is 2.25. The fourth-order valence-corrected chi connectivity index (χ4v) is 4.28. The third-order valence-corrected chi connectivity index (χ3v) is 5.81. The number of hydrogen-bond acceptors (Lipinski definition) is 8. The lowest BCUT2D eigenvalue weighted by Gasteiger charge is -2.43. The molecule has 2 fully saturated rings. The average molecular weight is 460 g/mol. The summed E-state index contributed by atoms with van der Waals surface area (Å²) in [6.45, 7) is 8.33. The van der Waals surface area contributed by atoms with Crippen LogP contribution >= 0.6 is 11.3 Å². The lowest BCUT2D eigenvalue weighted by Crippen LogP contribution is -2.60. The molecule has 1 unspecified atom stereocenters. The second-order valence-corrected chi connectivity index (χ2v) is 8.50. The minimum Gasteiger partial charge on any atom is -0.483 e. The van der Waals surface area contributed by atoms with Crippen molar-refractivity contribution in [2.24, 2.45) is 0 Å². The maximum atomic E-state index is 12.8. The molecule has 1 aromatic heterocycles. The Morgan fingerprint density at radius 1 is 1.23 bits per heavy atom. The van der Waals surface area contributed by atoms with E-state index in [0.29, 0.717) is 26.3 Å². The van der Waals surface area contributed by atoms with Crippen molar-refractivity contribution in [3.05, 3.63) is 21.9 Å². The molecule has 1 spiro atoms. The molecule has 2 N–H and O–H groups in total. The van der Waals surface area contributed by atoms with E-state index >= 15 is 0 Å². The van der Waals surface area contributed by atoms with Crippen molar-refractivity contribution in [2.75, 3.05) is 73.2 Å². The predicted octanol–water partition coefficient (Wildman–Crippen LogP) is 0.563. The van der Waals surface area contributed by atoms with Crippen LogP contribution < -0.4 is 0 Å². The maximum absolute atomic E-state index is 12.8. The summed E-state index contributed by atoms with van der Waals surface area (Å²) >= 11 is 1.52. The molecule has 1 atom stereocenters. The number of morpholine rings is 1. The molecular weight excluding hydrogens is 426 g/mol. The number of likely N-dealkylation sites (N-methyl/N-ethyl adjacent to an activating group) is 1. The number of amides is 1. The van der Waals surface area contributed by atoms with E-state index in [0.717, 1.165) is 43.2 Å². The molecule has 2 aliphatic heterocycles. The lowest BCUT2D eigenvalue weighted by molar-refractivity contribution is -0.133. The molecule has 2 aliphatic rings. The second-order valence-electron chi connectivity index (χ2n) is 7.59. The van der Waals surface area contributed by atoms with Crippen LogP contribution in [-0.4, -0.2) is 123 Å². The molecule has 1 amide bonds.